The van der Waals surface area contributed by atoms with Crippen molar-refractivity contribution in [3.8, 4) is 0 Å². The number of hydrogen-bond donors (Lipinski definition) is 0. The number of aryl methyl sites for hydroxylation is 2. The first-order valence-corrected chi connectivity index (χ1v) is 6.38. The van der Waals surface area contributed by atoms with Crippen LogP contribution in [0.15, 0.2) is 18.3 Å². The van der Waals surface area contributed by atoms with Crippen molar-refractivity contribution in [1.29, 1.82) is 0 Å². The van der Waals surface area contributed by atoms with E-state index < -0.39 is 0 Å². The minimum atomic E-state index is -0.302. The predicted octanol–water partition coefficient (Wildman–Crippen LogP) is 2.77. The molecule has 2 heterocycles. The second-order valence-electron chi connectivity index (χ2n) is 4.98. The van der Waals surface area contributed by atoms with Gasteiger partial charge in [0.15, 0.2) is 5.78 Å². The van der Waals surface area contributed by atoms with Gasteiger partial charge in [-0.05, 0) is 25.5 Å². The van der Waals surface area contributed by atoms with Gasteiger partial charge >= 0.3 is 0 Å². The summed E-state index contributed by atoms with van der Waals surface area (Å²) < 4.78 is 7.15. The molecule has 0 amide bonds. The van der Waals surface area contributed by atoms with Gasteiger partial charge in [-0.1, -0.05) is 6.07 Å². The first-order chi connectivity index (χ1) is 9.13. The first-order valence-electron chi connectivity index (χ1n) is 6.38. The van der Waals surface area contributed by atoms with Crippen molar-refractivity contribution < 1.29 is 14.3 Å². The third-order valence-corrected chi connectivity index (χ3v) is 3.83. The fourth-order valence-electron chi connectivity index (χ4n) is 2.87. The Morgan fingerprint density at radius 2 is 2.21 bits per heavy atom. The molecule has 1 aromatic carbocycles. The zero-order valence-electron chi connectivity index (χ0n) is 11.0. The van der Waals surface area contributed by atoms with Crippen LogP contribution in [0.3, 0.4) is 0 Å². The fraction of sp³-hybridized carbons (Fsp3) is 0.333. The maximum atomic E-state index is 12.0. The van der Waals surface area contributed by atoms with Crippen molar-refractivity contribution in [2.75, 3.05) is 0 Å². The van der Waals surface area contributed by atoms with Crippen LogP contribution < -0.4 is 0 Å². The van der Waals surface area contributed by atoms with Gasteiger partial charge in [-0.15, -0.1) is 0 Å². The molecule has 19 heavy (non-hydrogen) atoms. The lowest BCUT2D eigenvalue weighted by atomic mass is 9.97. The van der Waals surface area contributed by atoms with Gasteiger partial charge in [0, 0.05) is 35.7 Å². The lowest BCUT2D eigenvalue weighted by Gasteiger charge is -2.15. The molecule has 3 rings (SSSR count). The first kappa shape index (κ1) is 12.0. The third-order valence-electron chi connectivity index (χ3n) is 3.83. The number of benzene rings is 1. The molecule has 0 saturated carbocycles. The molecule has 0 radical (unpaired) electrons. The van der Waals surface area contributed by atoms with Crippen molar-refractivity contribution in [2.45, 2.75) is 32.9 Å². The molecule has 0 bridgehead atoms. The number of nitrogens with zero attached hydrogens (tertiary/aromatic N) is 1. The summed E-state index contributed by atoms with van der Waals surface area (Å²) in [6.07, 6.45) is 2.23. The van der Waals surface area contributed by atoms with E-state index in [1.807, 2.05) is 32.2 Å². The third kappa shape index (κ3) is 1.67. The summed E-state index contributed by atoms with van der Waals surface area (Å²) in [5, 5.41) is 1.04. The highest BCUT2D eigenvalue weighted by Gasteiger charge is 2.24. The Bertz CT molecular complexity index is 684. The molecule has 1 atom stereocenters. The lowest BCUT2D eigenvalue weighted by Crippen LogP contribution is -2.13. The van der Waals surface area contributed by atoms with Crippen LogP contribution in [0.1, 0.15) is 40.9 Å². The smallest absolute Gasteiger partial charge is 0.293 e. The van der Waals surface area contributed by atoms with E-state index in [1.54, 1.807) is 0 Å². The predicted molar refractivity (Wildman–Crippen MR) is 71.2 cm³/mol. The van der Waals surface area contributed by atoms with Crippen LogP contribution >= 0.6 is 0 Å². The molecule has 2 aromatic rings. The Hall–Kier alpha value is -2.10. The Kier molecular flexibility index (Phi) is 2.66. The summed E-state index contributed by atoms with van der Waals surface area (Å²) >= 11 is 0. The summed E-state index contributed by atoms with van der Waals surface area (Å²) in [7, 11) is 0. The zero-order chi connectivity index (χ0) is 13.6. The molecule has 0 aliphatic carbocycles. The molecule has 1 unspecified atom stereocenters. The van der Waals surface area contributed by atoms with Gasteiger partial charge in [-0.25, -0.2) is 0 Å². The second-order valence-corrected chi connectivity index (χ2v) is 4.98. The van der Waals surface area contributed by atoms with E-state index in [-0.39, 0.29) is 11.9 Å². The van der Waals surface area contributed by atoms with Crippen LogP contribution in [0.4, 0.5) is 0 Å². The van der Waals surface area contributed by atoms with Crippen LogP contribution in [-0.4, -0.2) is 16.8 Å². The van der Waals surface area contributed by atoms with Crippen molar-refractivity contribution in [2.24, 2.45) is 0 Å². The minimum absolute atomic E-state index is 0.186. The Balaban J connectivity index is 2.32. The molecule has 4 nitrogen and oxygen atoms in total. The number of carbonyl (C=O) groups excluding carboxylic acids is 2. The molecule has 4 heteroatoms. The molecule has 0 saturated heterocycles. The van der Waals surface area contributed by atoms with Gasteiger partial charge in [0.25, 0.3) is 6.47 Å². The summed E-state index contributed by atoms with van der Waals surface area (Å²) in [6.45, 7) is 5.02. The van der Waals surface area contributed by atoms with E-state index in [2.05, 4.69) is 4.57 Å². The molecule has 1 aliphatic heterocycles. The molecular weight excluding hydrogens is 242 g/mol. The Labute approximate surface area is 111 Å². The topological polar surface area (TPSA) is 48.3 Å². The number of aromatic nitrogens is 1. The van der Waals surface area contributed by atoms with E-state index in [9.17, 15) is 9.59 Å². The van der Waals surface area contributed by atoms with Gasteiger partial charge in [0.05, 0.1) is 5.52 Å². The normalized spacial score (nSPS) is 15.6. The summed E-state index contributed by atoms with van der Waals surface area (Å²) in [6, 6.07) is 3.85. The molecule has 98 valence electrons. The highest BCUT2D eigenvalue weighted by molar-refractivity contribution is 6.09. The van der Waals surface area contributed by atoms with Gasteiger partial charge in [0.1, 0.15) is 6.10 Å². The number of rotatable bonds is 3. The number of hydrogen-bond acceptors (Lipinski definition) is 3. The zero-order valence-corrected chi connectivity index (χ0v) is 11.0. The highest BCUT2D eigenvalue weighted by atomic mass is 16.5. The number of Topliss-reactive ketones (excluding diaryl/α,β-unsaturated/α-hetero) is 1. The van der Waals surface area contributed by atoms with Crippen LogP contribution in [0.2, 0.25) is 0 Å². The molecule has 1 aliphatic rings. The van der Waals surface area contributed by atoms with E-state index in [0.29, 0.717) is 19.4 Å². The number of ketones is 1. The lowest BCUT2D eigenvalue weighted by molar-refractivity contribution is -0.133. The Morgan fingerprint density at radius 3 is 2.95 bits per heavy atom. The largest absolute Gasteiger partial charge is 0.460 e. The van der Waals surface area contributed by atoms with Crippen molar-refractivity contribution in [3.63, 3.8) is 0 Å². The van der Waals surface area contributed by atoms with Gasteiger partial charge in [-0.3, -0.25) is 9.59 Å². The second kappa shape index (κ2) is 4.23. The standard InChI is InChI=1S/C15H15NO3/c1-9-3-4-11-13(18)5-6-16-7-12(10(2)19-8-17)14(9)15(11)16/h3-4,7-8,10H,5-6H2,1-2H3. The maximum Gasteiger partial charge on any atom is 0.293 e. The quantitative estimate of drug-likeness (QED) is 0.794. The maximum absolute atomic E-state index is 12.0. The number of carbonyl (C=O) groups is 2. The van der Waals surface area contributed by atoms with E-state index in [1.165, 1.54) is 0 Å². The van der Waals surface area contributed by atoms with Gasteiger partial charge in [0.2, 0.25) is 0 Å². The fourth-order valence-corrected chi connectivity index (χ4v) is 2.87. The van der Waals surface area contributed by atoms with E-state index >= 15 is 0 Å². The van der Waals surface area contributed by atoms with Crippen molar-refractivity contribution in [3.05, 3.63) is 35.0 Å². The van der Waals surface area contributed by atoms with Crippen LogP contribution in [0, 0.1) is 6.92 Å². The van der Waals surface area contributed by atoms with Crippen LogP contribution in [0.25, 0.3) is 10.9 Å². The van der Waals surface area contributed by atoms with Crippen molar-refractivity contribution >= 4 is 23.2 Å². The Morgan fingerprint density at radius 1 is 1.42 bits per heavy atom. The molecule has 1 aromatic heterocycles. The van der Waals surface area contributed by atoms with Crippen LogP contribution in [-0.2, 0) is 16.1 Å². The van der Waals surface area contributed by atoms with Gasteiger partial charge in [-0.2, -0.15) is 0 Å². The van der Waals surface area contributed by atoms with Gasteiger partial charge < -0.3 is 9.30 Å². The molecule has 0 fully saturated rings. The highest BCUT2D eigenvalue weighted by Crippen LogP contribution is 2.35. The number of ether oxygens (including phenoxy) is 1. The summed E-state index contributed by atoms with van der Waals surface area (Å²) in [4.78, 5) is 22.5. The minimum Gasteiger partial charge on any atom is -0.460 e. The SMILES string of the molecule is Cc1ccc2c3c1c(C(C)OC=O)cn3CCC2=O. The monoisotopic (exact) mass is 257 g/mol. The molecule has 0 spiro atoms. The molecular formula is C15H15NO3. The summed E-state index contributed by atoms with van der Waals surface area (Å²) in [5.41, 5.74) is 3.82. The average Bonchev–Trinajstić information content (AvgIpc) is 2.78. The van der Waals surface area contributed by atoms with Crippen LogP contribution in [0.5, 0.6) is 0 Å². The van der Waals surface area contributed by atoms with E-state index in [4.69, 9.17) is 4.74 Å². The summed E-state index contributed by atoms with van der Waals surface area (Å²) in [5.74, 6) is 0.186. The molecule has 0 N–H and O–H groups in total. The van der Waals surface area contributed by atoms with Crippen molar-refractivity contribution in [1.82, 2.24) is 4.57 Å². The average molecular weight is 257 g/mol. The van der Waals surface area contributed by atoms with E-state index in [0.717, 1.165) is 27.6 Å².